The lowest BCUT2D eigenvalue weighted by Gasteiger charge is -2.17. The second-order valence-electron chi connectivity index (χ2n) is 6.11. The van der Waals surface area contributed by atoms with Gasteiger partial charge in [0, 0.05) is 4.88 Å². The second kappa shape index (κ2) is 7.81. The van der Waals surface area contributed by atoms with Crippen molar-refractivity contribution in [1.29, 1.82) is 5.26 Å². The van der Waals surface area contributed by atoms with Gasteiger partial charge in [-0.1, -0.05) is 19.9 Å². The van der Waals surface area contributed by atoms with Crippen LogP contribution in [-0.4, -0.2) is 28.0 Å². The first-order valence-corrected chi connectivity index (χ1v) is 9.54. The van der Waals surface area contributed by atoms with Gasteiger partial charge in [0.05, 0.1) is 23.6 Å². The summed E-state index contributed by atoms with van der Waals surface area (Å²) in [5, 5.41) is 10.1. The molecule has 0 aliphatic carbocycles. The number of ether oxygens (including phenoxy) is 1. The summed E-state index contributed by atoms with van der Waals surface area (Å²) >= 11 is 1.67. The quantitative estimate of drug-likeness (QED) is 0.626. The molecular weight excluding hydrogens is 344 g/mol. The van der Waals surface area contributed by atoms with E-state index in [0.717, 1.165) is 34.7 Å². The Morgan fingerprint density at radius 2 is 1.96 bits per heavy atom. The van der Waals surface area contributed by atoms with Crippen molar-refractivity contribution < 1.29 is 4.74 Å². The van der Waals surface area contributed by atoms with Gasteiger partial charge in [0.25, 0.3) is 0 Å². The van der Waals surface area contributed by atoms with E-state index in [0.29, 0.717) is 23.7 Å². The second-order valence-corrected chi connectivity index (χ2v) is 7.31. The Bertz CT molecular complexity index is 970. The Morgan fingerprint density at radius 3 is 2.65 bits per heavy atom. The van der Waals surface area contributed by atoms with E-state index in [1.807, 2.05) is 12.1 Å². The Morgan fingerprint density at radius 1 is 1.19 bits per heavy atom. The van der Waals surface area contributed by atoms with E-state index in [1.165, 1.54) is 4.88 Å². The average Bonchev–Trinajstić information content (AvgIpc) is 2.94. The molecule has 26 heavy (non-hydrogen) atoms. The molecule has 0 atom stereocenters. The van der Waals surface area contributed by atoms with Crippen molar-refractivity contribution in [3.05, 3.63) is 46.1 Å². The van der Waals surface area contributed by atoms with E-state index in [1.54, 1.807) is 23.5 Å². The molecule has 6 heteroatoms. The monoisotopic (exact) mass is 366 g/mol. The van der Waals surface area contributed by atoms with Crippen molar-refractivity contribution in [2.45, 2.75) is 34.2 Å². The molecule has 3 rings (SSSR count). The SMILES string of the molecule is CCN(CC)Cc1nc(Oc2cccc(C#N)c2)c2c(C)c(C)sc2n1. The average molecular weight is 366 g/mol. The molecule has 0 unspecified atom stereocenters. The lowest BCUT2D eigenvalue weighted by atomic mass is 10.2. The zero-order valence-corrected chi connectivity index (χ0v) is 16.4. The number of rotatable bonds is 6. The molecule has 0 saturated heterocycles. The molecule has 5 nitrogen and oxygen atoms in total. The number of hydrogen-bond donors (Lipinski definition) is 0. The highest BCUT2D eigenvalue weighted by molar-refractivity contribution is 7.18. The molecule has 3 aromatic rings. The van der Waals surface area contributed by atoms with Crippen LogP contribution in [0, 0.1) is 25.2 Å². The number of fused-ring (bicyclic) bond motifs is 1. The largest absolute Gasteiger partial charge is 0.438 e. The summed E-state index contributed by atoms with van der Waals surface area (Å²) in [5.41, 5.74) is 1.71. The number of nitrogens with zero attached hydrogens (tertiary/aromatic N) is 4. The Labute approximate surface area is 157 Å². The fourth-order valence-corrected chi connectivity index (χ4v) is 3.83. The summed E-state index contributed by atoms with van der Waals surface area (Å²) in [7, 11) is 0. The summed E-state index contributed by atoms with van der Waals surface area (Å²) in [6.45, 7) is 11.0. The van der Waals surface area contributed by atoms with Gasteiger partial charge < -0.3 is 4.74 Å². The van der Waals surface area contributed by atoms with Crippen molar-refractivity contribution in [2.24, 2.45) is 0 Å². The van der Waals surface area contributed by atoms with Crippen LogP contribution in [0.2, 0.25) is 0 Å². The van der Waals surface area contributed by atoms with Gasteiger partial charge in [0.1, 0.15) is 16.4 Å². The molecule has 2 aromatic heterocycles. The maximum Gasteiger partial charge on any atom is 0.231 e. The topological polar surface area (TPSA) is 62.0 Å². The zero-order chi connectivity index (χ0) is 18.7. The van der Waals surface area contributed by atoms with E-state index in [-0.39, 0.29) is 0 Å². The van der Waals surface area contributed by atoms with Gasteiger partial charge in [-0.3, -0.25) is 4.90 Å². The fourth-order valence-electron chi connectivity index (χ4n) is 2.79. The van der Waals surface area contributed by atoms with Crippen molar-refractivity contribution in [3.63, 3.8) is 0 Å². The van der Waals surface area contributed by atoms with Crippen LogP contribution in [0.4, 0.5) is 0 Å². The molecule has 0 N–H and O–H groups in total. The standard InChI is InChI=1S/C20H22N4OS/c1-5-24(6-2)12-17-22-19(18-13(3)14(4)26-20(18)23-17)25-16-9-7-8-15(10-16)11-21/h7-10H,5-6,12H2,1-4H3. The molecule has 0 aliphatic heterocycles. The number of hydrogen-bond acceptors (Lipinski definition) is 6. The molecule has 0 fully saturated rings. The Kier molecular flexibility index (Phi) is 5.50. The van der Waals surface area contributed by atoms with Gasteiger partial charge in [-0.25, -0.2) is 4.98 Å². The van der Waals surface area contributed by atoms with Crippen molar-refractivity contribution in [2.75, 3.05) is 13.1 Å². The molecule has 1 aromatic carbocycles. The number of aryl methyl sites for hydroxylation is 2. The summed E-state index contributed by atoms with van der Waals surface area (Å²) in [5.74, 6) is 1.93. The van der Waals surface area contributed by atoms with E-state index in [9.17, 15) is 0 Å². The number of aromatic nitrogens is 2. The molecule has 134 valence electrons. The summed E-state index contributed by atoms with van der Waals surface area (Å²) in [6.07, 6.45) is 0. The van der Waals surface area contributed by atoms with Gasteiger partial charge in [-0.15, -0.1) is 11.3 Å². The summed E-state index contributed by atoms with van der Waals surface area (Å²) in [6, 6.07) is 9.28. The maximum absolute atomic E-state index is 9.11. The highest BCUT2D eigenvalue weighted by Gasteiger charge is 2.17. The minimum atomic E-state index is 0.564. The molecule has 0 bridgehead atoms. The minimum absolute atomic E-state index is 0.564. The third-order valence-corrected chi connectivity index (χ3v) is 5.58. The Hall–Kier alpha value is -2.49. The molecular formula is C20H22N4OS. The van der Waals surface area contributed by atoms with Crippen LogP contribution in [0.3, 0.4) is 0 Å². The lowest BCUT2D eigenvalue weighted by molar-refractivity contribution is 0.287. The van der Waals surface area contributed by atoms with Crippen molar-refractivity contribution in [1.82, 2.24) is 14.9 Å². The highest BCUT2D eigenvalue weighted by atomic mass is 32.1. The molecule has 0 saturated carbocycles. The first kappa shape index (κ1) is 18.3. The van der Waals surface area contributed by atoms with Gasteiger partial charge in [-0.05, 0) is 50.7 Å². The van der Waals surface area contributed by atoms with Gasteiger partial charge in [0.15, 0.2) is 0 Å². The van der Waals surface area contributed by atoms with Crippen LogP contribution in [0.25, 0.3) is 10.2 Å². The molecule has 0 amide bonds. The smallest absolute Gasteiger partial charge is 0.231 e. The first-order chi connectivity index (χ1) is 12.5. The fraction of sp³-hybridized carbons (Fsp3) is 0.350. The maximum atomic E-state index is 9.11. The van der Waals surface area contributed by atoms with E-state index in [2.05, 4.69) is 38.7 Å². The molecule has 0 aliphatic rings. The number of nitriles is 1. The van der Waals surface area contributed by atoms with E-state index >= 15 is 0 Å². The lowest BCUT2D eigenvalue weighted by Crippen LogP contribution is -2.23. The minimum Gasteiger partial charge on any atom is -0.438 e. The third kappa shape index (κ3) is 3.69. The van der Waals surface area contributed by atoms with Gasteiger partial charge in [-0.2, -0.15) is 10.2 Å². The van der Waals surface area contributed by atoms with Gasteiger partial charge >= 0.3 is 0 Å². The molecule has 0 radical (unpaired) electrons. The summed E-state index contributed by atoms with van der Waals surface area (Å²) in [4.78, 5) is 13.9. The normalized spacial score (nSPS) is 11.1. The van der Waals surface area contributed by atoms with Crippen LogP contribution < -0.4 is 4.74 Å². The third-order valence-electron chi connectivity index (χ3n) is 4.48. The van der Waals surface area contributed by atoms with Crippen molar-refractivity contribution >= 4 is 21.6 Å². The van der Waals surface area contributed by atoms with Crippen LogP contribution in [0.1, 0.15) is 35.7 Å². The zero-order valence-electron chi connectivity index (χ0n) is 15.5. The molecule has 0 spiro atoms. The molecule has 2 heterocycles. The number of thiophene rings is 1. The highest BCUT2D eigenvalue weighted by Crippen LogP contribution is 2.36. The van der Waals surface area contributed by atoms with Crippen LogP contribution in [0.5, 0.6) is 11.6 Å². The first-order valence-electron chi connectivity index (χ1n) is 8.72. The summed E-state index contributed by atoms with van der Waals surface area (Å²) < 4.78 is 6.10. The van der Waals surface area contributed by atoms with Crippen molar-refractivity contribution in [3.8, 4) is 17.7 Å². The predicted octanol–water partition coefficient (Wildman–Crippen LogP) is 4.81. The van der Waals surface area contributed by atoms with E-state index in [4.69, 9.17) is 20.0 Å². The number of benzene rings is 1. The predicted molar refractivity (Wildman–Crippen MR) is 105 cm³/mol. The van der Waals surface area contributed by atoms with Gasteiger partial charge in [0.2, 0.25) is 5.88 Å². The van der Waals surface area contributed by atoms with E-state index < -0.39 is 0 Å². The Balaban J connectivity index is 2.07. The van der Waals surface area contributed by atoms with Crippen LogP contribution >= 0.6 is 11.3 Å². The van der Waals surface area contributed by atoms with Crippen LogP contribution in [0.15, 0.2) is 24.3 Å². The van der Waals surface area contributed by atoms with Crippen LogP contribution in [-0.2, 0) is 6.54 Å².